The minimum Gasteiger partial charge on any atom is -0.496 e. The Morgan fingerprint density at radius 3 is 2.85 bits per heavy atom. The maximum absolute atomic E-state index is 13.1. The fourth-order valence-electron chi connectivity index (χ4n) is 1.93. The third-order valence-corrected chi connectivity index (χ3v) is 3.30. The topological polar surface area (TPSA) is 34.1 Å². The Labute approximate surface area is 122 Å². The SMILES string of the molecule is COc1ccc(Cl)cc1CN[C@H](C)c1cncc(F)c1. The zero-order valence-electron chi connectivity index (χ0n) is 11.4. The van der Waals surface area contributed by atoms with Gasteiger partial charge in [-0.15, -0.1) is 0 Å². The minimum atomic E-state index is -0.337. The van der Waals surface area contributed by atoms with E-state index in [0.29, 0.717) is 11.6 Å². The molecule has 0 saturated heterocycles. The molecule has 0 fully saturated rings. The van der Waals surface area contributed by atoms with Gasteiger partial charge in [-0.05, 0) is 36.8 Å². The van der Waals surface area contributed by atoms with Gasteiger partial charge in [-0.3, -0.25) is 4.98 Å². The fraction of sp³-hybridized carbons (Fsp3) is 0.267. The molecule has 0 saturated carbocycles. The van der Waals surface area contributed by atoms with Gasteiger partial charge in [0.1, 0.15) is 11.6 Å². The van der Waals surface area contributed by atoms with Crippen molar-refractivity contribution in [2.45, 2.75) is 19.5 Å². The Morgan fingerprint density at radius 2 is 2.15 bits per heavy atom. The molecule has 0 bridgehead atoms. The highest BCUT2D eigenvalue weighted by Gasteiger charge is 2.09. The van der Waals surface area contributed by atoms with Gasteiger partial charge in [-0.1, -0.05) is 11.6 Å². The Morgan fingerprint density at radius 1 is 1.35 bits per heavy atom. The third kappa shape index (κ3) is 3.68. The monoisotopic (exact) mass is 294 g/mol. The summed E-state index contributed by atoms with van der Waals surface area (Å²) in [5.74, 6) is 0.433. The van der Waals surface area contributed by atoms with Gasteiger partial charge >= 0.3 is 0 Å². The van der Waals surface area contributed by atoms with Crippen LogP contribution in [0.15, 0.2) is 36.7 Å². The summed E-state index contributed by atoms with van der Waals surface area (Å²) < 4.78 is 18.4. The van der Waals surface area contributed by atoms with E-state index in [1.54, 1.807) is 19.4 Å². The predicted molar refractivity (Wildman–Crippen MR) is 77.5 cm³/mol. The molecule has 1 heterocycles. The van der Waals surface area contributed by atoms with Gasteiger partial charge in [0.15, 0.2) is 0 Å². The van der Waals surface area contributed by atoms with Crippen molar-refractivity contribution in [3.63, 3.8) is 0 Å². The maximum atomic E-state index is 13.1. The highest BCUT2D eigenvalue weighted by Crippen LogP contribution is 2.23. The van der Waals surface area contributed by atoms with Crippen LogP contribution in [0.2, 0.25) is 5.02 Å². The maximum Gasteiger partial charge on any atom is 0.141 e. The summed E-state index contributed by atoms with van der Waals surface area (Å²) in [6.45, 7) is 2.52. The van der Waals surface area contributed by atoms with E-state index in [2.05, 4.69) is 10.3 Å². The van der Waals surface area contributed by atoms with E-state index < -0.39 is 0 Å². The number of aromatic nitrogens is 1. The molecule has 2 aromatic rings. The van der Waals surface area contributed by atoms with E-state index in [1.807, 2.05) is 19.1 Å². The number of halogens is 2. The summed E-state index contributed by atoms with van der Waals surface area (Å²) in [5, 5.41) is 3.95. The number of nitrogens with one attached hydrogen (secondary N) is 1. The molecule has 0 radical (unpaired) electrons. The third-order valence-electron chi connectivity index (χ3n) is 3.07. The lowest BCUT2D eigenvalue weighted by Gasteiger charge is -2.15. The van der Waals surface area contributed by atoms with E-state index >= 15 is 0 Å². The molecule has 1 aromatic heterocycles. The van der Waals surface area contributed by atoms with Gasteiger partial charge in [0, 0.05) is 29.4 Å². The Hall–Kier alpha value is -1.65. The van der Waals surface area contributed by atoms with Gasteiger partial charge in [-0.25, -0.2) is 4.39 Å². The van der Waals surface area contributed by atoms with Crippen LogP contribution in [0.5, 0.6) is 5.75 Å². The second kappa shape index (κ2) is 6.68. The molecular weight excluding hydrogens is 279 g/mol. The first-order valence-corrected chi connectivity index (χ1v) is 6.64. The van der Waals surface area contributed by atoms with Gasteiger partial charge in [-0.2, -0.15) is 0 Å². The van der Waals surface area contributed by atoms with Gasteiger partial charge in [0.2, 0.25) is 0 Å². The van der Waals surface area contributed by atoms with Crippen LogP contribution in [0.3, 0.4) is 0 Å². The molecule has 1 aromatic carbocycles. The average molecular weight is 295 g/mol. The molecule has 0 unspecified atom stereocenters. The molecule has 0 spiro atoms. The molecule has 3 nitrogen and oxygen atoms in total. The molecular formula is C15H16ClFN2O. The standard InChI is InChI=1S/C15H16ClFN2O/c1-10(11-6-14(17)9-18-7-11)19-8-12-5-13(16)3-4-15(12)20-2/h3-7,9-10,19H,8H2,1-2H3/t10-/m1/s1. The Kier molecular flexibility index (Phi) is 4.93. The molecule has 0 aliphatic carbocycles. The molecule has 1 N–H and O–H groups in total. The normalized spacial score (nSPS) is 12.2. The van der Waals surface area contributed by atoms with Crippen LogP contribution >= 0.6 is 11.6 Å². The molecule has 5 heteroatoms. The highest BCUT2D eigenvalue weighted by molar-refractivity contribution is 6.30. The number of methoxy groups -OCH3 is 1. The summed E-state index contributed by atoms with van der Waals surface area (Å²) in [4.78, 5) is 3.85. The lowest BCUT2D eigenvalue weighted by Crippen LogP contribution is -2.18. The summed E-state index contributed by atoms with van der Waals surface area (Å²) in [6, 6.07) is 6.91. The number of nitrogens with zero attached hydrogens (tertiary/aromatic N) is 1. The van der Waals surface area contributed by atoms with Gasteiger partial charge in [0.25, 0.3) is 0 Å². The van der Waals surface area contributed by atoms with Crippen LogP contribution in [0.4, 0.5) is 4.39 Å². The first-order valence-electron chi connectivity index (χ1n) is 6.26. The van der Waals surface area contributed by atoms with Gasteiger partial charge in [0.05, 0.1) is 13.3 Å². The van der Waals surface area contributed by atoms with Crippen LogP contribution in [0, 0.1) is 5.82 Å². The van der Waals surface area contributed by atoms with Crippen molar-refractivity contribution in [1.82, 2.24) is 10.3 Å². The van der Waals surface area contributed by atoms with Crippen molar-refractivity contribution in [2.24, 2.45) is 0 Å². The first-order chi connectivity index (χ1) is 9.60. The number of hydrogen-bond acceptors (Lipinski definition) is 3. The molecule has 2 rings (SSSR count). The number of pyridine rings is 1. The molecule has 0 aliphatic heterocycles. The second-order valence-electron chi connectivity index (χ2n) is 4.50. The average Bonchev–Trinajstić information content (AvgIpc) is 2.45. The summed E-state index contributed by atoms with van der Waals surface area (Å²) in [5.41, 5.74) is 1.75. The first kappa shape index (κ1) is 14.8. The predicted octanol–water partition coefficient (Wildman–Crippen LogP) is 3.73. The second-order valence-corrected chi connectivity index (χ2v) is 4.93. The van der Waals surface area contributed by atoms with Crippen molar-refractivity contribution < 1.29 is 9.13 Å². The Bertz CT molecular complexity index is 592. The van der Waals surface area contributed by atoms with E-state index in [9.17, 15) is 4.39 Å². The summed E-state index contributed by atoms with van der Waals surface area (Å²) >= 11 is 5.98. The van der Waals surface area contributed by atoms with Crippen molar-refractivity contribution in [3.8, 4) is 5.75 Å². The number of benzene rings is 1. The molecule has 106 valence electrons. The molecule has 1 atom stereocenters. The van der Waals surface area contributed by atoms with Crippen molar-refractivity contribution in [3.05, 3.63) is 58.6 Å². The molecule has 0 aliphatic rings. The van der Waals surface area contributed by atoms with E-state index in [0.717, 1.165) is 16.9 Å². The summed E-state index contributed by atoms with van der Waals surface area (Å²) in [6.07, 6.45) is 2.84. The van der Waals surface area contributed by atoms with E-state index in [1.165, 1.54) is 12.3 Å². The number of ether oxygens (including phenoxy) is 1. The lowest BCUT2D eigenvalue weighted by atomic mass is 10.1. The number of hydrogen-bond donors (Lipinski definition) is 1. The molecule has 0 amide bonds. The van der Waals surface area contributed by atoms with Crippen LogP contribution in [-0.2, 0) is 6.54 Å². The quantitative estimate of drug-likeness (QED) is 0.912. The van der Waals surface area contributed by atoms with Crippen molar-refractivity contribution in [2.75, 3.05) is 7.11 Å². The smallest absolute Gasteiger partial charge is 0.141 e. The van der Waals surface area contributed by atoms with Crippen LogP contribution < -0.4 is 10.1 Å². The zero-order chi connectivity index (χ0) is 14.5. The van der Waals surface area contributed by atoms with Gasteiger partial charge < -0.3 is 10.1 Å². The fourth-order valence-corrected chi connectivity index (χ4v) is 2.13. The minimum absolute atomic E-state index is 0.0260. The lowest BCUT2D eigenvalue weighted by molar-refractivity contribution is 0.406. The van der Waals surface area contributed by atoms with Crippen LogP contribution in [0.1, 0.15) is 24.1 Å². The summed E-state index contributed by atoms with van der Waals surface area (Å²) in [7, 11) is 1.62. The highest BCUT2D eigenvalue weighted by atomic mass is 35.5. The Balaban J connectivity index is 2.06. The zero-order valence-corrected chi connectivity index (χ0v) is 12.1. The van der Waals surface area contributed by atoms with Crippen molar-refractivity contribution in [1.29, 1.82) is 0 Å². The van der Waals surface area contributed by atoms with Crippen LogP contribution in [-0.4, -0.2) is 12.1 Å². The van der Waals surface area contributed by atoms with Crippen LogP contribution in [0.25, 0.3) is 0 Å². The number of rotatable bonds is 5. The van der Waals surface area contributed by atoms with E-state index in [4.69, 9.17) is 16.3 Å². The van der Waals surface area contributed by atoms with Crippen molar-refractivity contribution >= 4 is 11.6 Å². The largest absolute Gasteiger partial charge is 0.496 e. The van der Waals surface area contributed by atoms with E-state index in [-0.39, 0.29) is 11.9 Å². The molecule has 20 heavy (non-hydrogen) atoms.